The normalized spacial score (nSPS) is 23.8. The van der Waals surface area contributed by atoms with Crippen LogP contribution in [-0.2, 0) is 10.0 Å². The van der Waals surface area contributed by atoms with Crippen LogP contribution in [0.25, 0.3) is 0 Å². The smallest absolute Gasteiger partial charge is 0.211 e. The van der Waals surface area contributed by atoms with Gasteiger partial charge in [0.1, 0.15) is 0 Å². The van der Waals surface area contributed by atoms with Crippen LogP contribution in [0.15, 0.2) is 32.0 Å². The van der Waals surface area contributed by atoms with Crippen LogP contribution in [0, 0.1) is 11.8 Å². The van der Waals surface area contributed by atoms with Gasteiger partial charge in [-0.25, -0.2) is 13.1 Å². The molecule has 1 aromatic carbocycles. The van der Waals surface area contributed by atoms with Crippen molar-refractivity contribution in [3.05, 3.63) is 27.1 Å². The van der Waals surface area contributed by atoms with Gasteiger partial charge in [0.2, 0.25) is 10.0 Å². The van der Waals surface area contributed by atoms with Crippen LogP contribution in [0.5, 0.6) is 0 Å². The van der Waals surface area contributed by atoms with E-state index in [0.717, 1.165) is 10.9 Å². The third kappa shape index (κ3) is 4.06. The van der Waals surface area contributed by atoms with Gasteiger partial charge in [-0.15, -0.1) is 0 Å². The summed E-state index contributed by atoms with van der Waals surface area (Å²) in [6.45, 7) is 2.75. The summed E-state index contributed by atoms with van der Waals surface area (Å²) in [7, 11) is -3.45. The summed E-state index contributed by atoms with van der Waals surface area (Å²) in [5, 5.41) is 0. The van der Waals surface area contributed by atoms with Gasteiger partial charge in [-0.05, 0) is 52.4 Å². The first-order chi connectivity index (χ1) is 9.40. The van der Waals surface area contributed by atoms with Crippen molar-refractivity contribution in [2.24, 2.45) is 11.8 Å². The van der Waals surface area contributed by atoms with Gasteiger partial charge in [0.25, 0.3) is 0 Å². The molecule has 20 heavy (non-hydrogen) atoms. The van der Waals surface area contributed by atoms with E-state index in [1.165, 1.54) is 19.3 Å². The summed E-state index contributed by atoms with van der Waals surface area (Å²) in [5.41, 5.74) is 0. The van der Waals surface area contributed by atoms with Gasteiger partial charge >= 0.3 is 0 Å². The average Bonchev–Trinajstić information content (AvgIpc) is 2.37. The highest BCUT2D eigenvalue weighted by molar-refractivity contribution is 9.11. The van der Waals surface area contributed by atoms with Crippen molar-refractivity contribution in [3.8, 4) is 0 Å². The molecule has 0 heterocycles. The van der Waals surface area contributed by atoms with Crippen molar-refractivity contribution in [1.29, 1.82) is 0 Å². The number of sulfonamides is 1. The molecular weight excluding hydrogens is 406 g/mol. The number of rotatable bonds is 4. The molecule has 0 bridgehead atoms. The molecule has 1 N–H and O–H groups in total. The Kier molecular flexibility index (Phi) is 5.68. The standard InChI is InChI=1S/C14H19Br2NO2S/c1-10-4-2-3-5-11(10)9-17-20(18,19)14-7-6-12(15)8-13(14)16/h6-8,10-11,17H,2-5,9H2,1H3. The summed E-state index contributed by atoms with van der Waals surface area (Å²) < 4.78 is 28.9. The molecule has 1 fully saturated rings. The third-order valence-electron chi connectivity index (χ3n) is 4.01. The Labute approximate surface area is 137 Å². The lowest BCUT2D eigenvalue weighted by atomic mass is 9.81. The van der Waals surface area contributed by atoms with E-state index in [9.17, 15) is 8.42 Å². The largest absolute Gasteiger partial charge is 0.241 e. The van der Waals surface area contributed by atoms with Gasteiger partial charge in [-0.2, -0.15) is 0 Å². The van der Waals surface area contributed by atoms with Crippen molar-refractivity contribution >= 4 is 41.9 Å². The van der Waals surface area contributed by atoms with Gasteiger partial charge in [0.05, 0.1) is 4.90 Å². The monoisotopic (exact) mass is 423 g/mol. The van der Waals surface area contributed by atoms with Crippen molar-refractivity contribution in [2.75, 3.05) is 6.54 Å². The Morgan fingerprint density at radius 1 is 1.25 bits per heavy atom. The van der Waals surface area contributed by atoms with Crippen molar-refractivity contribution < 1.29 is 8.42 Å². The lowest BCUT2D eigenvalue weighted by Gasteiger charge is -2.28. The number of halogens is 2. The molecule has 2 rings (SSSR count). The maximum Gasteiger partial charge on any atom is 0.241 e. The second-order valence-corrected chi connectivity index (χ2v) is 8.95. The first-order valence-corrected chi connectivity index (χ1v) is 9.92. The van der Waals surface area contributed by atoms with E-state index in [4.69, 9.17) is 0 Å². The van der Waals surface area contributed by atoms with E-state index in [-0.39, 0.29) is 0 Å². The minimum absolute atomic E-state index is 0.296. The van der Waals surface area contributed by atoms with Gasteiger partial charge < -0.3 is 0 Å². The zero-order valence-electron chi connectivity index (χ0n) is 11.4. The topological polar surface area (TPSA) is 46.2 Å². The first kappa shape index (κ1) is 16.5. The van der Waals surface area contributed by atoms with Crippen molar-refractivity contribution in [3.63, 3.8) is 0 Å². The van der Waals surface area contributed by atoms with E-state index < -0.39 is 10.0 Å². The summed E-state index contributed by atoms with van der Waals surface area (Å²) in [5.74, 6) is 1.05. The van der Waals surface area contributed by atoms with Crippen LogP contribution < -0.4 is 4.72 Å². The second kappa shape index (κ2) is 6.90. The van der Waals surface area contributed by atoms with Gasteiger partial charge in [0, 0.05) is 15.5 Å². The molecule has 0 radical (unpaired) electrons. The fourth-order valence-corrected chi connectivity index (χ4v) is 5.52. The zero-order chi connectivity index (χ0) is 14.8. The van der Waals surface area contributed by atoms with E-state index in [0.29, 0.717) is 27.7 Å². The molecule has 0 saturated heterocycles. The molecule has 1 aromatic rings. The maximum absolute atomic E-state index is 12.4. The fraction of sp³-hybridized carbons (Fsp3) is 0.571. The molecule has 0 aromatic heterocycles. The lowest BCUT2D eigenvalue weighted by molar-refractivity contribution is 0.257. The number of hydrogen-bond donors (Lipinski definition) is 1. The molecule has 1 aliphatic carbocycles. The molecule has 2 unspecified atom stereocenters. The average molecular weight is 425 g/mol. The molecule has 3 nitrogen and oxygen atoms in total. The SMILES string of the molecule is CC1CCCCC1CNS(=O)(=O)c1ccc(Br)cc1Br. The van der Waals surface area contributed by atoms with E-state index in [1.54, 1.807) is 18.2 Å². The van der Waals surface area contributed by atoms with Gasteiger partial charge in [-0.3, -0.25) is 0 Å². The molecular formula is C14H19Br2NO2S. The Bertz CT molecular complexity index is 575. The van der Waals surface area contributed by atoms with E-state index in [1.807, 2.05) is 0 Å². The Morgan fingerprint density at radius 2 is 1.95 bits per heavy atom. The lowest BCUT2D eigenvalue weighted by Crippen LogP contribution is -2.33. The Morgan fingerprint density at radius 3 is 2.60 bits per heavy atom. The first-order valence-electron chi connectivity index (χ1n) is 6.85. The minimum Gasteiger partial charge on any atom is -0.211 e. The predicted octanol–water partition coefficient (Wildman–Crippen LogP) is 4.32. The molecule has 1 saturated carbocycles. The van der Waals surface area contributed by atoms with Crippen LogP contribution in [0.2, 0.25) is 0 Å². The van der Waals surface area contributed by atoms with Crippen molar-refractivity contribution in [1.82, 2.24) is 4.72 Å². The highest BCUT2D eigenvalue weighted by atomic mass is 79.9. The van der Waals surface area contributed by atoms with Crippen LogP contribution in [0.4, 0.5) is 0 Å². The summed E-state index contributed by atoms with van der Waals surface area (Å²) >= 11 is 6.64. The molecule has 6 heteroatoms. The zero-order valence-corrected chi connectivity index (χ0v) is 15.4. The highest BCUT2D eigenvalue weighted by Gasteiger charge is 2.24. The van der Waals surface area contributed by atoms with Gasteiger partial charge in [-0.1, -0.05) is 42.1 Å². The molecule has 2 atom stereocenters. The van der Waals surface area contributed by atoms with E-state index in [2.05, 4.69) is 43.5 Å². The van der Waals surface area contributed by atoms with Crippen LogP contribution in [0.1, 0.15) is 32.6 Å². The number of benzene rings is 1. The van der Waals surface area contributed by atoms with E-state index >= 15 is 0 Å². The van der Waals surface area contributed by atoms with Crippen molar-refractivity contribution in [2.45, 2.75) is 37.5 Å². The number of nitrogens with one attached hydrogen (secondary N) is 1. The third-order valence-corrected chi connectivity index (χ3v) is 6.90. The number of hydrogen-bond acceptors (Lipinski definition) is 2. The van der Waals surface area contributed by atoms with Crippen LogP contribution in [0.3, 0.4) is 0 Å². The quantitative estimate of drug-likeness (QED) is 0.782. The molecule has 0 spiro atoms. The maximum atomic E-state index is 12.4. The second-order valence-electron chi connectivity index (χ2n) is 5.45. The molecule has 0 aliphatic heterocycles. The summed E-state index contributed by atoms with van der Waals surface area (Å²) in [4.78, 5) is 0.296. The van der Waals surface area contributed by atoms with Gasteiger partial charge in [0.15, 0.2) is 0 Å². The minimum atomic E-state index is -3.45. The molecule has 112 valence electrons. The van der Waals surface area contributed by atoms with Crippen LogP contribution >= 0.6 is 31.9 Å². The highest BCUT2D eigenvalue weighted by Crippen LogP contribution is 2.30. The fourth-order valence-electron chi connectivity index (χ4n) is 2.68. The Hall–Kier alpha value is 0.0900. The Balaban J connectivity index is 2.07. The predicted molar refractivity (Wildman–Crippen MR) is 88.2 cm³/mol. The van der Waals surface area contributed by atoms with Crippen LogP contribution in [-0.4, -0.2) is 15.0 Å². The summed E-state index contributed by atoms with van der Waals surface area (Å²) in [6, 6.07) is 5.10. The molecule has 1 aliphatic rings. The molecule has 0 amide bonds. The summed E-state index contributed by atoms with van der Waals surface area (Å²) in [6.07, 6.45) is 4.79.